The van der Waals surface area contributed by atoms with Gasteiger partial charge in [-0.3, -0.25) is 4.68 Å². The fourth-order valence-corrected chi connectivity index (χ4v) is 2.23. The second-order valence-electron chi connectivity index (χ2n) is 5.22. The van der Waals surface area contributed by atoms with Crippen LogP contribution in [-0.2, 0) is 13.1 Å². The Bertz CT molecular complexity index is 762. The molecule has 0 atom stereocenters. The number of para-hydroxylation sites is 1. The maximum atomic E-state index is 5.90. The summed E-state index contributed by atoms with van der Waals surface area (Å²) in [6.07, 6.45) is 3.81. The third kappa shape index (κ3) is 4.44. The Kier molecular flexibility index (Phi) is 4.69. The lowest BCUT2D eigenvalue weighted by molar-refractivity contribution is 0.686. The largest absolute Gasteiger partial charge is 0.370 e. The van der Waals surface area contributed by atoms with Crippen molar-refractivity contribution in [3.63, 3.8) is 0 Å². The molecule has 0 aliphatic rings. The first kappa shape index (κ1) is 14.8. The van der Waals surface area contributed by atoms with E-state index in [0.717, 1.165) is 17.8 Å². The van der Waals surface area contributed by atoms with E-state index in [1.807, 2.05) is 65.6 Å². The molecule has 0 aliphatic heterocycles. The Labute approximate surface area is 135 Å². The van der Waals surface area contributed by atoms with Crippen LogP contribution in [0.3, 0.4) is 0 Å². The smallest absolute Gasteiger partial charge is 0.193 e. The van der Waals surface area contributed by atoms with Crippen LogP contribution in [0, 0.1) is 0 Å². The first-order valence-electron chi connectivity index (χ1n) is 7.47. The van der Waals surface area contributed by atoms with Crippen molar-refractivity contribution >= 4 is 11.6 Å². The number of benzene rings is 2. The standard InChI is InChI=1S/C18H19N5/c19-18(22-17-9-5-2-6-10-17)20-11-16-12-21-23(14-16)13-15-7-3-1-4-8-15/h1-10,12,14H,11,13H2,(H3,19,20,22). The quantitative estimate of drug-likeness (QED) is 0.562. The number of aliphatic imine (C=N–C) groups is 1. The number of nitrogens with two attached hydrogens (primary N) is 1. The molecule has 3 N–H and O–H groups in total. The zero-order valence-electron chi connectivity index (χ0n) is 12.8. The minimum absolute atomic E-state index is 0.395. The van der Waals surface area contributed by atoms with E-state index in [1.54, 1.807) is 0 Å². The van der Waals surface area contributed by atoms with Crippen LogP contribution in [-0.4, -0.2) is 15.7 Å². The van der Waals surface area contributed by atoms with Crippen LogP contribution < -0.4 is 11.1 Å². The summed E-state index contributed by atoms with van der Waals surface area (Å²) in [5.74, 6) is 0.395. The zero-order valence-corrected chi connectivity index (χ0v) is 12.8. The van der Waals surface area contributed by atoms with Crippen molar-refractivity contribution < 1.29 is 0 Å². The van der Waals surface area contributed by atoms with Crippen molar-refractivity contribution in [1.82, 2.24) is 9.78 Å². The highest BCUT2D eigenvalue weighted by Gasteiger charge is 2.00. The van der Waals surface area contributed by atoms with Gasteiger partial charge in [-0.2, -0.15) is 5.10 Å². The lowest BCUT2D eigenvalue weighted by atomic mass is 10.2. The molecule has 0 aliphatic carbocycles. The predicted octanol–water partition coefficient (Wildman–Crippen LogP) is 2.86. The van der Waals surface area contributed by atoms with Gasteiger partial charge in [0.15, 0.2) is 5.96 Å². The summed E-state index contributed by atoms with van der Waals surface area (Å²) in [6, 6.07) is 20.0. The molecule has 0 saturated carbocycles. The summed E-state index contributed by atoms with van der Waals surface area (Å²) in [7, 11) is 0. The number of rotatable bonds is 5. The fourth-order valence-electron chi connectivity index (χ4n) is 2.23. The van der Waals surface area contributed by atoms with Gasteiger partial charge in [0.05, 0.1) is 19.3 Å². The molecule has 1 heterocycles. The maximum absolute atomic E-state index is 5.90. The van der Waals surface area contributed by atoms with Crippen molar-refractivity contribution in [3.05, 3.63) is 84.2 Å². The first-order chi connectivity index (χ1) is 11.3. The number of nitrogens with zero attached hydrogens (tertiary/aromatic N) is 3. The monoisotopic (exact) mass is 305 g/mol. The lowest BCUT2D eigenvalue weighted by Crippen LogP contribution is -2.22. The zero-order chi connectivity index (χ0) is 15.9. The van der Waals surface area contributed by atoms with E-state index >= 15 is 0 Å². The second kappa shape index (κ2) is 7.26. The Morgan fingerprint density at radius 1 is 1.00 bits per heavy atom. The normalized spacial score (nSPS) is 11.4. The van der Waals surface area contributed by atoms with Crippen LogP contribution in [0.4, 0.5) is 5.69 Å². The van der Waals surface area contributed by atoms with Crippen LogP contribution in [0.1, 0.15) is 11.1 Å². The van der Waals surface area contributed by atoms with Crippen molar-refractivity contribution in [3.8, 4) is 0 Å². The van der Waals surface area contributed by atoms with Crippen molar-refractivity contribution in [2.24, 2.45) is 10.7 Å². The van der Waals surface area contributed by atoms with Crippen LogP contribution >= 0.6 is 0 Å². The average molecular weight is 305 g/mol. The summed E-state index contributed by atoms with van der Waals surface area (Å²) in [4.78, 5) is 4.34. The van der Waals surface area contributed by atoms with E-state index in [0.29, 0.717) is 12.5 Å². The molecule has 3 aromatic rings. The molecule has 0 spiro atoms. The third-order valence-corrected chi connectivity index (χ3v) is 3.35. The number of guanidine groups is 1. The van der Waals surface area contributed by atoms with E-state index in [4.69, 9.17) is 5.73 Å². The molecule has 1 aromatic heterocycles. The second-order valence-corrected chi connectivity index (χ2v) is 5.22. The minimum Gasteiger partial charge on any atom is -0.370 e. The highest BCUT2D eigenvalue weighted by Crippen LogP contribution is 2.06. The summed E-state index contributed by atoms with van der Waals surface area (Å²) in [5, 5.41) is 7.42. The summed E-state index contributed by atoms with van der Waals surface area (Å²) in [6.45, 7) is 1.25. The van der Waals surface area contributed by atoms with Crippen molar-refractivity contribution in [2.45, 2.75) is 13.1 Å². The molecule has 0 fully saturated rings. The summed E-state index contributed by atoms with van der Waals surface area (Å²) in [5.41, 5.74) is 9.07. The number of hydrogen-bond acceptors (Lipinski definition) is 2. The van der Waals surface area contributed by atoms with Gasteiger partial charge >= 0.3 is 0 Å². The molecule has 0 unspecified atom stereocenters. The van der Waals surface area contributed by atoms with Crippen LogP contribution in [0.2, 0.25) is 0 Å². The van der Waals surface area contributed by atoms with Gasteiger partial charge in [0.1, 0.15) is 0 Å². The van der Waals surface area contributed by atoms with Gasteiger partial charge in [-0.05, 0) is 17.7 Å². The number of aromatic nitrogens is 2. The van der Waals surface area contributed by atoms with Gasteiger partial charge in [-0.15, -0.1) is 0 Å². The first-order valence-corrected chi connectivity index (χ1v) is 7.47. The molecule has 0 amide bonds. The summed E-state index contributed by atoms with van der Waals surface area (Å²) >= 11 is 0. The molecule has 23 heavy (non-hydrogen) atoms. The Balaban J connectivity index is 1.57. The molecule has 5 heteroatoms. The van der Waals surface area contributed by atoms with Gasteiger partial charge in [0, 0.05) is 17.4 Å². The van der Waals surface area contributed by atoms with E-state index in [-0.39, 0.29) is 0 Å². The molecule has 0 radical (unpaired) electrons. The van der Waals surface area contributed by atoms with E-state index < -0.39 is 0 Å². The third-order valence-electron chi connectivity index (χ3n) is 3.35. The van der Waals surface area contributed by atoms with Crippen LogP contribution in [0.15, 0.2) is 78.0 Å². The van der Waals surface area contributed by atoms with Crippen molar-refractivity contribution in [2.75, 3.05) is 5.32 Å². The van der Waals surface area contributed by atoms with E-state index in [2.05, 4.69) is 27.5 Å². The van der Waals surface area contributed by atoms with E-state index in [1.165, 1.54) is 5.56 Å². The topological polar surface area (TPSA) is 68.2 Å². The Morgan fingerprint density at radius 2 is 1.70 bits per heavy atom. The van der Waals surface area contributed by atoms with Gasteiger partial charge < -0.3 is 11.1 Å². The predicted molar refractivity (Wildman–Crippen MR) is 93.2 cm³/mol. The Hall–Kier alpha value is -3.08. The molecule has 0 bridgehead atoms. The number of hydrogen-bond donors (Lipinski definition) is 2. The van der Waals surface area contributed by atoms with Gasteiger partial charge in [0.25, 0.3) is 0 Å². The minimum atomic E-state index is 0.395. The van der Waals surface area contributed by atoms with Crippen LogP contribution in [0.5, 0.6) is 0 Å². The maximum Gasteiger partial charge on any atom is 0.193 e. The molecule has 3 rings (SSSR count). The number of nitrogens with one attached hydrogen (secondary N) is 1. The van der Waals surface area contributed by atoms with E-state index in [9.17, 15) is 0 Å². The molecular weight excluding hydrogens is 286 g/mol. The molecule has 2 aromatic carbocycles. The van der Waals surface area contributed by atoms with Gasteiger partial charge in [-0.1, -0.05) is 48.5 Å². The van der Waals surface area contributed by atoms with Crippen molar-refractivity contribution in [1.29, 1.82) is 0 Å². The SMILES string of the molecule is NC(=NCc1cnn(Cc2ccccc2)c1)Nc1ccccc1. The highest BCUT2D eigenvalue weighted by molar-refractivity contribution is 5.92. The molecule has 116 valence electrons. The molecule has 5 nitrogen and oxygen atoms in total. The Morgan fingerprint density at radius 3 is 2.43 bits per heavy atom. The number of anilines is 1. The van der Waals surface area contributed by atoms with Gasteiger partial charge in [0.2, 0.25) is 0 Å². The van der Waals surface area contributed by atoms with Crippen LogP contribution in [0.25, 0.3) is 0 Å². The molecule has 0 saturated heterocycles. The fraction of sp³-hybridized carbons (Fsp3) is 0.111. The van der Waals surface area contributed by atoms with Gasteiger partial charge in [-0.25, -0.2) is 4.99 Å². The molecular formula is C18H19N5. The lowest BCUT2D eigenvalue weighted by Gasteiger charge is -2.04. The highest BCUT2D eigenvalue weighted by atomic mass is 15.3. The summed E-state index contributed by atoms with van der Waals surface area (Å²) < 4.78 is 1.90. The average Bonchev–Trinajstić information content (AvgIpc) is 3.02.